The fourth-order valence-corrected chi connectivity index (χ4v) is 2.24. The van der Waals surface area contributed by atoms with Crippen molar-refractivity contribution in [1.82, 2.24) is 5.32 Å². The highest BCUT2D eigenvalue weighted by Crippen LogP contribution is 2.09. The predicted octanol–water partition coefficient (Wildman–Crippen LogP) is 3.98. The molecule has 0 heterocycles. The first kappa shape index (κ1) is 15.4. The quantitative estimate of drug-likeness (QED) is 0.683. The van der Waals surface area contributed by atoms with Gasteiger partial charge in [-0.25, -0.2) is 8.78 Å². The third kappa shape index (κ3) is 6.36. The first-order chi connectivity index (χ1) is 8.74. The monoisotopic (exact) mass is 273 g/mol. The first-order valence-electron chi connectivity index (χ1n) is 6.37. The highest BCUT2D eigenvalue weighted by Gasteiger charge is 2.02. The van der Waals surface area contributed by atoms with Crippen molar-refractivity contribution >= 4 is 11.8 Å². The minimum atomic E-state index is -0.384. The highest BCUT2D eigenvalue weighted by molar-refractivity contribution is 7.98. The van der Waals surface area contributed by atoms with Gasteiger partial charge in [0.05, 0.1) is 0 Å². The van der Waals surface area contributed by atoms with Crippen LogP contribution in [0.15, 0.2) is 18.2 Å². The number of hydrogen-bond acceptors (Lipinski definition) is 2. The molecule has 0 atom stereocenters. The predicted molar refractivity (Wildman–Crippen MR) is 74.9 cm³/mol. The molecule has 18 heavy (non-hydrogen) atoms. The molecule has 0 unspecified atom stereocenters. The van der Waals surface area contributed by atoms with Gasteiger partial charge in [-0.1, -0.05) is 12.8 Å². The molecule has 0 spiro atoms. The zero-order chi connectivity index (χ0) is 13.2. The van der Waals surface area contributed by atoms with Crippen LogP contribution < -0.4 is 5.32 Å². The summed E-state index contributed by atoms with van der Waals surface area (Å²) in [7, 11) is 0. The molecule has 0 aliphatic heterocycles. The minimum absolute atomic E-state index is 0.344. The van der Waals surface area contributed by atoms with Crippen LogP contribution in [0.25, 0.3) is 0 Å². The van der Waals surface area contributed by atoms with Crippen molar-refractivity contribution in [2.24, 2.45) is 0 Å². The Morgan fingerprint density at radius 1 is 1.11 bits per heavy atom. The highest BCUT2D eigenvalue weighted by atomic mass is 32.2. The SMILES string of the molecule is CSCCCCCCNCc1cc(F)ccc1F. The number of nitrogens with one attached hydrogen (secondary N) is 1. The van der Waals surface area contributed by atoms with E-state index >= 15 is 0 Å². The topological polar surface area (TPSA) is 12.0 Å². The number of unbranched alkanes of at least 4 members (excludes halogenated alkanes) is 3. The van der Waals surface area contributed by atoms with E-state index in [2.05, 4.69) is 11.6 Å². The summed E-state index contributed by atoms with van der Waals surface area (Å²) in [5.74, 6) is 0.496. The normalized spacial score (nSPS) is 10.8. The Balaban J connectivity index is 2.09. The maximum atomic E-state index is 13.3. The van der Waals surface area contributed by atoms with Crippen molar-refractivity contribution in [2.45, 2.75) is 32.2 Å². The van der Waals surface area contributed by atoms with Crippen LogP contribution in [0.2, 0.25) is 0 Å². The second-order valence-corrected chi connectivity index (χ2v) is 5.31. The molecule has 0 saturated heterocycles. The van der Waals surface area contributed by atoms with Gasteiger partial charge in [0.25, 0.3) is 0 Å². The molecule has 0 aliphatic carbocycles. The zero-order valence-electron chi connectivity index (χ0n) is 10.8. The molecule has 4 heteroatoms. The Morgan fingerprint density at radius 2 is 1.89 bits per heavy atom. The second-order valence-electron chi connectivity index (χ2n) is 4.32. The van der Waals surface area contributed by atoms with Crippen LogP contribution in [0.3, 0.4) is 0 Å². The largest absolute Gasteiger partial charge is 0.313 e. The van der Waals surface area contributed by atoms with Crippen molar-refractivity contribution in [3.8, 4) is 0 Å². The molecule has 1 N–H and O–H groups in total. The van der Waals surface area contributed by atoms with Gasteiger partial charge in [-0.2, -0.15) is 11.8 Å². The Hall–Kier alpha value is -0.610. The van der Waals surface area contributed by atoms with Crippen LogP contribution >= 0.6 is 11.8 Å². The van der Waals surface area contributed by atoms with E-state index in [0.717, 1.165) is 19.0 Å². The molecule has 0 bridgehead atoms. The fraction of sp³-hybridized carbons (Fsp3) is 0.571. The summed E-state index contributed by atoms with van der Waals surface area (Å²) in [6.45, 7) is 1.25. The van der Waals surface area contributed by atoms with Crippen molar-refractivity contribution in [1.29, 1.82) is 0 Å². The maximum absolute atomic E-state index is 13.3. The van der Waals surface area contributed by atoms with E-state index in [1.165, 1.54) is 37.1 Å². The maximum Gasteiger partial charge on any atom is 0.127 e. The van der Waals surface area contributed by atoms with Gasteiger partial charge in [0, 0.05) is 12.1 Å². The van der Waals surface area contributed by atoms with E-state index in [-0.39, 0.29) is 11.6 Å². The minimum Gasteiger partial charge on any atom is -0.313 e. The molecular weight excluding hydrogens is 252 g/mol. The molecule has 102 valence electrons. The van der Waals surface area contributed by atoms with E-state index < -0.39 is 0 Å². The lowest BCUT2D eigenvalue weighted by atomic mass is 10.2. The van der Waals surface area contributed by atoms with Crippen molar-refractivity contribution in [2.75, 3.05) is 18.6 Å². The third-order valence-electron chi connectivity index (χ3n) is 2.78. The van der Waals surface area contributed by atoms with Crippen LogP contribution in [0.4, 0.5) is 8.78 Å². The summed E-state index contributed by atoms with van der Waals surface area (Å²) in [6.07, 6.45) is 6.91. The van der Waals surface area contributed by atoms with Crippen LogP contribution in [0, 0.1) is 11.6 Å². The van der Waals surface area contributed by atoms with Crippen molar-refractivity contribution in [3.63, 3.8) is 0 Å². The molecule has 0 aromatic heterocycles. The molecule has 0 fully saturated rings. The summed E-state index contributed by atoms with van der Waals surface area (Å²) in [5.41, 5.74) is 0.400. The molecule has 0 aliphatic rings. The molecule has 0 saturated carbocycles. The lowest BCUT2D eigenvalue weighted by Crippen LogP contribution is -2.15. The number of halogens is 2. The van der Waals surface area contributed by atoms with Gasteiger partial charge in [0.1, 0.15) is 11.6 Å². The van der Waals surface area contributed by atoms with Crippen LogP contribution in [0.5, 0.6) is 0 Å². The molecule has 1 aromatic rings. The smallest absolute Gasteiger partial charge is 0.127 e. The van der Waals surface area contributed by atoms with Crippen LogP contribution in [-0.2, 0) is 6.54 Å². The fourth-order valence-electron chi connectivity index (χ4n) is 1.75. The van der Waals surface area contributed by atoms with E-state index in [9.17, 15) is 8.78 Å². The summed E-state index contributed by atoms with van der Waals surface area (Å²) in [5, 5.41) is 3.15. The summed E-state index contributed by atoms with van der Waals surface area (Å²) >= 11 is 1.88. The average Bonchev–Trinajstić information content (AvgIpc) is 2.36. The van der Waals surface area contributed by atoms with E-state index in [4.69, 9.17) is 0 Å². The summed E-state index contributed by atoms with van der Waals surface area (Å²) < 4.78 is 26.2. The van der Waals surface area contributed by atoms with E-state index in [0.29, 0.717) is 12.1 Å². The number of hydrogen-bond donors (Lipinski definition) is 1. The van der Waals surface area contributed by atoms with E-state index in [1.807, 2.05) is 11.8 Å². The molecule has 1 rings (SSSR count). The first-order valence-corrected chi connectivity index (χ1v) is 7.77. The van der Waals surface area contributed by atoms with Gasteiger partial charge < -0.3 is 5.32 Å². The van der Waals surface area contributed by atoms with Crippen LogP contribution in [0.1, 0.15) is 31.2 Å². The van der Waals surface area contributed by atoms with Gasteiger partial charge in [0.15, 0.2) is 0 Å². The van der Waals surface area contributed by atoms with Crippen LogP contribution in [-0.4, -0.2) is 18.6 Å². The van der Waals surface area contributed by atoms with Crippen molar-refractivity contribution in [3.05, 3.63) is 35.4 Å². The molecule has 1 aromatic carbocycles. The van der Waals surface area contributed by atoms with Gasteiger partial charge in [-0.15, -0.1) is 0 Å². The Labute approximate surface area is 112 Å². The standard InChI is InChI=1S/C14H21F2NS/c1-18-9-5-3-2-4-8-17-11-12-10-13(15)6-7-14(12)16/h6-7,10,17H,2-5,8-9,11H2,1H3. The molecular formula is C14H21F2NS. The van der Waals surface area contributed by atoms with Crippen molar-refractivity contribution < 1.29 is 8.78 Å². The molecule has 0 amide bonds. The number of rotatable bonds is 9. The average molecular weight is 273 g/mol. The third-order valence-corrected chi connectivity index (χ3v) is 3.47. The van der Waals surface area contributed by atoms with Gasteiger partial charge >= 0.3 is 0 Å². The zero-order valence-corrected chi connectivity index (χ0v) is 11.7. The second kappa shape index (κ2) is 9.34. The number of benzene rings is 1. The summed E-state index contributed by atoms with van der Waals surface area (Å²) in [4.78, 5) is 0. The lowest BCUT2D eigenvalue weighted by Gasteiger charge is -2.06. The van der Waals surface area contributed by atoms with Gasteiger partial charge in [-0.3, -0.25) is 0 Å². The Kier molecular flexibility index (Phi) is 8.01. The Morgan fingerprint density at radius 3 is 2.67 bits per heavy atom. The summed E-state index contributed by atoms with van der Waals surface area (Å²) in [6, 6.07) is 3.57. The molecule has 1 nitrogen and oxygen atoms in total. The Bertz CT molecular complexity index is 345. The number of thioether (sulfide) groups is 1. The molecule has 0 radical (unpaired) electrons. The lowest BCUT2D eigenvalue weighted by molar-refractivity contribution is 0.556. The van der Waals surface area contributed by atoms with Gasteiger partial charge in [0.2, 0.25) is 0 Å². The van der Waals surface area contributed by atoms with E-state index in [1.54, 1.807) is 0 Å². The van der Waals surface area contributed by atoms with Gasteiger partial charge in [-0.05, 0) is 49.6 Å².